The molecule has 114 valence electrons. The van der Waals surface area contributed by atoms with E-state index in [1.54, 1.807) is 0 Å². The molecule has 0 aliphatic rings. The lowest BCUT2D eigenvalue weighted by atomic mass is 10.0. The highest BCUT2D eigenvalue weighted by Crippen LogP contribution is 2.33. The van der Waals surface area contributed by atoms with Crippen molar-refractivity contribution in [1.29, 1.82) is 0 Å². The summed E-state index contributed by atoms with van der Waals surface area (Å²) in [5.74, 6) is 0. The minimum Gasteiger partial charge on any atom is -0.378 e. The third-order valence-corrected chi connectivity index (χ3v) is 3.83. The van der Waals surface area contributed by atoms with E-state index in [4.69, 9.17) is 4.98 Å². The molecule has 0 saturated carbocycles. The summed E-state index contributed by atoms with van der Waals surface area (Å²) in [6.07, 6.45) is 0.991. The van der Waals surface area contributed by atoms with E-state index in [0.29, 0.717) is 0 Å². The van der Waals surface area contributed by atoms with Gasteiger partial charge in [-0.1, -0.05) is 0 Å². The lowest BCUT2D eigenvalue weighted by molar-refractivity contribution is 0.784. The van der Waals surface area contributed by atoms with Crippen molar-refractivity contribution in [3.63, 3.8) is 0 Å². The van der Waals surface area contributed by atoms with Crippen LogP contribution in [-0.2, 0) is 6.42 Å². The van der Waals surface area contributed by atoms with Gasteiger partial charge < -0.3 is 15.1 Å². The molecule has 1 heterocycles. The molecule has 4 nitrogen and oxygen atoms in total. The second kappa shape index (κ2) is 6.31. The third-order valence-electron chi connectivity index (χ3n) is 3.83. The number of rotatable bonds is 5. The Morgan fingerprint density at radius 3 is 2.38 bits per heavy atom. The summed E-state index contributed by atoms with van der Waals surface area (Å²) >= 11 is 0. The Hall–Kier alpha value is -1.81. The highest BCUT2D eigenvalue weighted by molar-refractivity contribution is 5.96. The number of aromatic nitrogens is 1. The van der Waals surface area contributed by atoms with Gasteiger partial charge in [0.25, 0.3) is 0 Å². The molecular formula is C17H26N4. The zero-order chi connectivity index (χ0) is 15.6. The van der Waals surface area contributed by atoms with Crippen LogP contribution in [0.5, 0.6) is 0 Å². The molecule has 0 saturated heterocycles. The van der Waals surface area contributed by atoms with Crippen LogP contribution in [0.2, 0.25) is 0 Å². The first kappa shape index (κ1) is 15.6. The molecule has 1 aromatic carbocycles. The van der Waals surface area contributed by atoms with E-state index in [-0.39, 0.29) is 0 Å². The van der Waals surface area contributed by atoms with Crippen LogP contribution in [0.3, 0.4) is 0 Å². The smallest absolute Gasteiger partial charge is 0.0727 e. The van der Waals surface area contributed by atoms with Crippen LogP contribution in [0.4, 0.5) is 11.4 Å². The zero-order valence-corrected chi connectivity index (χ0v) is 14.0. The van der Waals surface area contributed by atoms with Crippen molar-refractivity contribution in [3.05, 3.63) is 29.5 Å². The van der Waals surface area contributed by atoms with Gasteiger partial charge in [0.05, 0.1) is 11.2 Å². The summed E-state index contributed by atoms with van der Waals surface area (Å²) in [6, 6.07) is 6.48. The highest BCUT2D eigenvalue weighted by Gasteiger charge is 2.14. The van der Waals surface area contributed by atoms with Crippen LogP contribution in [0.1, 0.15) is 11.3 Å². The summed E-state index contributed by atoms with van der Waals surface area (Å²) < 4.78 is 0. The minimum atomic E-state index is 0.961. The fourth-order valence-corrected chi connectivity index (χ4v) is 2.73. The molecule has 4 heteroatoms. The fraction of sp³-hybridized carbons (Fsp3) is 0.471. The number of nitrogens with one attached hydrogen (secondary N) is 1. The average molecular weight is 286 g/mol. The van der Waals surface area contributed by atoms with E-state index < -0.39 is 0 Å². The Bertz CT molecular complexity index is 632. The summed E-state index contributed by atoms with van der Waals surface area (Å²) in [7, 11) is 10.3. The van der Waals surface area contributed by atoms with Crippen LogP contribution in [0.25, 0.3) is 10.9 Å². The van der Waals surface area contributed by atoms with Gasteiger partial charge >= 0.3 is 0 Å². The summed E-state index contributed by atoms with van der Waals surface area (Å²) in [4.78, 5) is 9.14. The maximum absolute atomic E-state index is 4.80. The van der Waals surface area contributed by atoms with Crippen LogP contribution in [0.15, 0.2) is 18.2 Å². The van der Waals surface area contributed by atoms with Crippen molar-refractivity contribution in [2.75, 3.05) is 51.6 Å². The van der Waals surface area contributed by atoms with Gasteiger partial charge in [-0.2, -0.15) is 0 Å². The van der Waals surface area contributed by atoms with Gasteiger partial charge in [-0.15, -0.1) is 0 Å². The van der Waals surface area contributed by atoms with Crippen LogP contribution < -0.4 is 15.1 Å². The Kier molecular flexibility index (Phi) is 4.68. The summed E-state index contributed by atoms with van der Waals surface area (Å²) in [5, 5.41) is 4.46. The molecule has 0 fully saturated rings. The van der Waals surface area contributed by atoms with Crippen molar-refractivity contribution in [3.8, 4) is 0 Å². The molecule has 1 N–H and O–H groups in total. The average Bonchev–Trinajstić information content (AvgIpc) is 2.43. The lowest BCUT2D eigenvalue weighted by Crippen LogP contribution is -2.18. The van der Waals surface area contributed by atoms with Gasteiger partial charge in [0.1, 0.15) is 0 Å². The van der Waals surface area contributed by atoms with Crippen LogP contribution in [-0.4, -0.2) is 46.8 Å². The SMILES string of the molecule is CNCCc1c(C)nc2ccc(N(C)C)cc2c1N(C)C. The minimum absolute atomic E-state index is 0.961. The van der Waals surface area contributed by atoms with Crippen molar-refractivity contribution in [2.24, 2.45) is 0 Å². The molecule has 0 bridgehead atoms. The summed E-state index contributed by atoms with van der Waals surface area (Å²) in [6.45, 7) is 3.07. The molecule has 0 aliphatic carbocycles. The first-order valence-corrected chi connectivity index (χ1v) is 7.38. The Balaban J connectivity index is 2.71. The van der Waals surface area contributed by atoms with E-state index >= 15 is 0 Å². The number of fused-ring (bicyclic) bond motifs is 1. The molecule has 21 heavy (non-hydrogen) atoms. The fourth-order valence-electron chi connectivity index (χ4n) is 2.73. The predicted molar refractivity (Wildman–Crippen MR) is 92.8 cm³/mol. The number of benzene rings is 1. The third kappa shape index (κ3) is 3.10. The van der Waals surface area contributed by atoms with Gasteiger partial charge in [0.2, 0.25) is 0 Å². The number of pyridine rings is 1. The topological polar surface area (TPSA) is 31.4 Å². The first-order chi connectivity index (χ1) is 9.95. The monoisotopic (exact) mass is 286 g/mol. The van der Waals surface area contributed by atoms with Crippen molar-refractivity contribution >= 4 is 22.3 Å². The second-order valence-electron chi connectivity index (χ2n) is 5.87. The van der Waals surface area contributed by atoms with Gasteiger partial charge in [-0.3, -0.25) is 4.98 Å². The maximum atomic E-state index is 4.80. The molecule has 2 rings (SSSR count). The van der Waals surface area contributed by atoms with E-state index in [1.807, 2.05) is 7.05 Å². The van der Waals surface area contributed by atoms with Crippen molar-refractivity contribution in [1.82, 2.24) is 10.3 Å². The standard InChI is InChI=1S/C17H26N4/c1-12-14(9-10-18-2)17(21(5)6)15-11-13(20(3)4)7-8-16(15)19-12/h7-8,11,18H,9-10H2,1-6H3. The number of nitrogens with zero attached hydrogens (tertiary/aromatic N) is 3. The Labute approximate surface area is 127 Å². The van der Waals surface area contributed by atoms with Gasteiger partial charge in [-0.05, 0) is 50.7 Å². The van der Waals surface area contributed by atoms with Gasteiger partial charge in [0, 0.05) is 45.0 Å². The predicted octanol–water partition coefficient (Wildman–Crippen LogP) is 2.44. The van der Waals surface area contributed by atoms with E-state index in [0.717, 1.165) is 24.2 Å². The number of hydrogen-bond donors (Lipinski definition) is 1. The molecule has 1 aromatic heterocycles. The Morgan fingerprint density at radius 2 is 1.81 bits per heavy atom. The number of aryl methyl sites for hydroxylation is 1. The molecule has 2 aromatic rings. The maximum Gasteiger partial charge on any atom is 0.0727 e. The van der Waals surface area contributed by atoms with E-state index in [9.17, 15) is 0 Å². The number of likely N-dealkylation sites (N-methyl/N-ethyl adjacent to an activating group) is 1. The lowest BCUT2D eigenvalue weighted by Gasteiger charge is -2.23. The normalized spacial score (nSPS) is 11.0. The van der Waals surface area contributed by atoms with Crippen LogP contribution >= 0.6 is 0 Å². The van der Waals surface area contributed by atoms with Crippen LogP contribution in [0, 0.1) is 6.92 Å². The van der Waals surface area contributed by atoms with E-state index in [1.165, 1.54) is 22.3 Å². The summed E-state index contributed by atoms with van der Waals surface area (Å²) in [5.41, 5.74) is 6.01. The molecule has 0 amide bonds. The molecule has 0 atom stereocenters. The highest BCUT2D eigenvalue weighted by atomic mass is 15.1. The molecular weight excluding hydrogens is 260 g/mol. The quantitative estimate of drug-likeness (QED) is 0.915. The molecule has 0 unspecified atom stereocenters. The van der Waals surface area contributed by atoms with Crippen molar-refractivity contribution < 1.29 is 0 Å². The zero-order valence-electron chi connectivity index (χ0n) is 14.0. The largest absolute Gasteiger partial charge is 0.378 e. The number of anilines is 2. The first-order valence-electron chi connectivity index (χ1n) is 7.38. The van der Waals surface area contributed by atoms with E-state index in [2.05, 4.69) is 68.4 Å². The van der Waals surface area contributed by atoms with Crippen molar-refractivity contribution in [2.45, 2.75) is 13.3 Å². The Morgan fingerprint density at radius 1 is 1.10 bits per heavy atom. The van der Waals surface area contributed by atoms with Gasteiger partial charge in [0.15, 0.2) is 0 Å². The molecule has 0 spiro atoms. The molecule has 0 aliphatic heterocycles. The number of hydrogen-bond acceptors (Lipinski definition) is 4. The second-order valence-corrected chi connectivity index (χ2v) is 5.87. The van der Waals surface area contributed by atoms with Gasteiger partial charge in [-0.25, -0.2) is 0 Å². The molecule has 0 radical (unpaired) electrons.